The summed E-state index contributed by atoms with van der Waals surface area (Å²) in [5.74, 6) is 1.05. The fourth-order valence-corrected chi connectivity index (χ4v) is 6.62. The molecule has 4 saturated heterocycles. The maximum atomic E-state index is 13.1. The summed E-state index contributed by atoms with van der Waals surface area (Å²) in [4.78, 5) is 30.5. The van der Waals surface area contributed by atoms with Crippen molar-refractivity contribution in [1.29, 1.82) is 0 Å². The van der Waals surface area contributed by atoms with Crippen LogP contribution in [-0.4, -0.2) is 95.6 Å². The van der Waals surface area contributed by atoms with E-state index < -0.39 is 6.09 Å². The highest BCUT2D eigenvalue weighted by Gasteiger charge is 2.51. The molecule has 4 heterocycles. The zero-order valence-corrected chi connectivity index (χ0v) is 21.3. The lowest BCUT2D eigenvalue weighted by molar-refractivity contribution is -0.133. The Morgan fingerprint density at radius 2 is 1.74 bits per heavy atom. The van der Waals surface area contributed by atoms with E-state index in [4.69, 9.17) is 9.47 Å². The second kappa shape index (κ2) is 11.0. The highest BCUT2D eigenvalue weighted by molar-refractivity contribution is 5.69. The normalized spacial score (nSPS) is 28.2. The Balaban J connectivity index is 1.35. The SMILES string of the molecule is CCCCC1CN(CCC2CCOCC2)C(=O)OC12CCN(C1(C)CCN(C(=O)O)CC1)CC2. The fraction of sp³-hybridized carbons (Fsp3) is 0.923. The zero-order chi connectivity index (χ0) is 24.2. The van der Waals surface area contributed by atoms with Crippen LogP contribution in [0.4, 0.5) is 9.59 Å². The minimum Gasteiger partial charge on any atom is -0.465 e. The topological polar surface area (TPSA) is 82.5 Å². The van der Waals surface area contributed by atoms with Crippen LogP contribution < -0.4 is 0 Å². The smallest absolute Gasteiger partial charge is 0.410 e. The predicted molar refractivity (Wildman–Crippen MR) is 130 cm³/mol. The molecule has 0 aromatic carbocycles. The van der Waals surface area contributed by atoms with Gasteiger partial charge < -0.3 is 24.4 Å². The van der Waals surface area contributed by atoms with Crippen molar-refractivity contribution < 1.29 is 24.2 Å². The van der Waals surface area contributed by atoms with E-state index in [2.05, 4.69) is 18.7 Å². The number of likely N-dealkylation sites (tertiary alicyclic amines) is 2. The fourth-order valence-electron chi connectivity index (χ4n) is 6.62. The third-order valence-corrected chi connectivity index (χ3v) is 9.27. The molecule has 1 atom stereocenters. The molecule has 0 bridgehead atoms. The van der Waals surface area contributed by atoms with Gasteiger partial charge in [0.25, 0.3) is 0 Å². The number of amides is 2. The van der Waals surface area contributed by atoms with Gasteiger partial charge in [-0.3, -0.25) is 4.90 Å². The molecule has 1 spiro atoms. The molecule has 2 amide bonds. The van der Waals surface area contributed by atoms with E-state index in [1.165, 1.54) is 11.3 Å². The number of carbonyl (C=O) groups excluding carboxylic acids is 1. The Kier molecular flexibility index (Phi) is 8.28. The first kappa shape index (κ1) is 25.5. The van der Waals surface area contributed by atoms with Crippen molar-refractivity contribution in [2.75, 3.05) is 52.5 Å². The molecule has 34 heavy (non-hydrogen) atoms. The van der Waals surface area contributed by atoms with E-state index >= 15 is 0 Å². The highest BCUT2D eigenvalue weighted by atomic mass is 16.6. The van der Waals surface area contributed by atoms with E-state index in [-0.39, 0.29) is 17.2 Å². The van der Waals surface area contributed by atoms with Gasteiger partial charge in [0.15, 0.2) is 0 Å². The van der Waals surface area contributed by atoms with E-state index in [1.807, 2.05) is 4.90 Å². The second-order valence-electron chi connectivity index (χ2n) is 11.3. The molecule has 1 N–H and O–H groups in total. The number of piperidine rings is 2. The van der Waals surface area contributed by atoms with Crippen LogP contribution in [0.1, 0.15) is 78.1 Å². The van der Waals surface area contributed by atoms with Gasteiger partial charge in [-0.2, -0.15) is 0 Å². The first-order chi connectivity index (χ1) is 16.3. The first-order valence-electron chi connectivity index (χ1n) is 13.6. The van der Waals surface area contributed by atoms with Crippen LogP contribution in [0.25, 0.3) is 0 Å². The minimum atomic E-state index is -0.811. The summed E-state index contributed by atoms with van der Waals surface area (Å²) < 4.78 is 11.8. The van der Waals surface area contributed by atoms with E-state index in [0.717, 1.165) is 97.2 Å². The van der Waals surface area contributed by atoms with E-state index in [9.17, 15) is 14.7 Å². The number of ether oxygens (including phenoxy) is 2. The summed E-state index contributed by atoms with van der Waals surface area (Å²) in [7, 11) is 0. The Morgan fingerprint density at radius 1 is 1.06 bits per heavy atom. The molecule has 8 heteroatoms. The molecule has 1 unspecified atom stereocenters. The van der Waals surface area contributed by atoms with Crippen molar-refractivity contribution >= 4 is 12.2 Å². The maximum Gasteiger partial charge on any atom is 0.410 e. The Bertz CT molecular complexity index is 695. The summed E-state index contributed by atoms with van der Waals surface area (Å²) in [6.07, 6.45) is 9.28. The Labute approximate surface area is 204 Å². The quantitative estimate of drug-likeness (QED) is 0.582. The van der Waals surface area contributed by atoms with Gasteiger partial charge >= 0.3 is 12.2 Å². The number of carbonyl (C=O) groups is 2. The summed E-state index contributed by atoms with van der Waals surface area (Å²) in [5.41, 5.74) is -0.309. The van der Waals surface area contributed by atoms with Crippen LogP contribution in [-0.2, 0) is 9.47 Å². The standard InChI is InChI=1S/C26H45N3O5/c1-3-4-5-22-20-28(13-6-21-7-18-33-19-8-21)24(32)34-26(22)11-16-29(17-12-26)25(2)9-14-27(15-10-25)23(30)31/h21-22H,3-20H2,1-2H3,(H,30,31). The zero-order valence-electron chi connectivity index (χ0n) is 21.3. The van der Waals surface area contributed by atoms with Gasteiger partial charge in [0.1, 0.15) is 5.60 Å². The molecule has 4 aliphatic heterocycles. The largest absolute Gasteiger partial charge is 0.465 e. The van der Waals surface area contributed by atoms with Gasteiger partial charge in [-0.05, 0) is 51.4 Å². The minimum absolute atomic E-state index is 0.0287. The number of carboxylic acid groups (broad SMARTS) is 1. The van der Waals surface area contributed by atoms with Crippen molar-refractivity contribution in [1.82, 2.24) is 14.7 Å². The molecule has 194 valence electrons. The van der Waals surface area contributed by atoms with Crippen LogP contribution in [0.15, 0.2) is 0 Å². The van der Waals surface area contributed by atoms with Crippen molar-refractivity contribution in [3.63, 3.8) is 0 Å². The Hall–Kier alpha value is -1.54. The van der Waals surface area contributed by atoms with Gasteiger partial charge in [-0.1, -0.05) is 19.8 Å². The molecular weight excluding hydrogens is 434 g/mol. The molecule has 0 aromatic rings. The molecule has 4 rings (SSSR count). The lowest BCUT2D eigenvalue weighted by atomic mass is 9.74. The third kappa shape index (κ3) is 5.64. The summed E-state index contributed by atoms with van der Waals surface area (Å²) >= 11 is 0. The molecule has 8 nitrogen and oxygen atoms in total. The summed E-state index contributed by atoms with van der Waals surface area (Å²) in [5, 5.41) is 9.30. The van der Waals surface area contributed by atoms with Crippen molar-refractivity contribution in [3.8, 4) is 0 Å². The van der Waals surface area contributed by atoms with E-state index in [0.29, 0.717) is 24.9 Å². The van der Waals surface area contributed by atoms with Crippen LogP contribution in [0.3, 0.4) is 0 Å². The molecular formula is C26H45N3O5. The van der Waals surface area contributed by atoms with Gasteiger partial charge in [0.05, 0.1) is 0 Å². The lowest BCUT2D eigenvalue weighted by Crippen LogP contribution is -2.63. The van der Waals surface area contributed by atoms with Gasteiger partial charge in [0, 0.05) is 76.8 Å². The summed E-state index contributed by atoms with van der Waals surface area (Å²) in [6.45, 7) is 10.9. The van der Waals surface area contributed by atoms with Gasteiger partial charge in [-0.25, -0.2) is 9.59 Å². The number of rotatable bonds is 7. The third-order valence-electron chi connectivity index (χ3n) is 9.27. The molecule has 0 saturated carbocycles. The molecule has 0 aliphatic carbocycles. The van der Waals surface area contributed by atoms with Crippen LogP contribution in [0.2, 0.25) is 0 Å². The van der Waals surface area contributed by atoms with Crippen molar-refractivity contribution in [2.45, 2.75) is 89.2 Å². The monoisotopic (exact) mass is 479 g/mol. The molecule has 4 fully saturated rings. The Morgan fingerprint density at radius 3 is 2.35 bits per heavy atom. The maximum absolute atomic E-state index is 13.1. The van der Waals surface area contributed by atoms with Crippen molar-refractivity contribution in [2.24, 2.45) is 11.8 Å². The van der Waals surface area contributed by atoms with Crippen molar-refractivity contribution in [3.05, 3.63) is 0 Å². The number of nitrogens with zero attached hydrogens (tertiary/aromatic N) is 3. The van der Waals surface area contributed by atoms with E-state index in [1.54, 1.807) is 0 Å². The molecule has 4 aliphatic rings. The lowest BCUT2D eigenvalue weighted by Gasteiger charge is -2.55. The second-order valence-corrected chi connectivity index (χ2v) is 11.3. The molecule has 0 radical (unpaired) electrons. The van der Waals surface area contributed by atoms with Gasteiger partial charge in [-0.15, -0.1) is 0 Å². The average Bonchev–Trinajstić information content (AvgIpc) is 2.84. The highest BCUT2D eigenvalue weighted by Crippen LogP contribution is 2.43. The van der Waals surface area contributed by atoms with Crippen LogP contribution in [0, 0.1) is 11.8 Å². The number of hydrogen-bond acceptors (Lipinski definition) is 5. The predicted octanol–water partition coefficient (Wildman–Crippen LogP) is 4.43. The van der Waals surface area contributed by atoms with Crippen LogP contribution >= 0.6 is 0 Å². The molecule has 0 aromatic heterocycles. The van der Waals surface area contributed by atoms with Gasteiger partial charge in [0.2, 0.25) is 0 Å². The number of unbranched alkanes of at least 4 members (excludes halogenated alkanes) is 1. The summed E-state index contributed by atoms with van der Waals surface area (Å²) in [6, 6.07) is 0. The van der Waals surface area contributed by atoms with Crippen LogP contribution in [0.5, 0.6) is 0 Å². The number of hydrogen-bond donors (Lipinski definition) is 1. The first-order valence-corrected chi connectivity index (χ1v) is 13.6. The average molecular weight is 480 g/mol.